The molecule has 0 saturated carbocycles. The summed E-state index contributed by atoms with van der Waals surface area (Å²) in [5, 5.41) is 12.1. The van der Waals surface area contributed by atoms with Crippen molar-refractivity contribution in [2.24, 2.45) is 0 Å². The third-order valence-electron chi connectivity index (χ3n) is 3.67. The molecule has 0 unspecified atom stereocenters. The molecule has 2 aromatic heterocycles. The van der Waals surface area contributed by atoms with Crippen LogP contribution in [0.2, 0.25) is 5.28 Å². The highest BCUT2D eigenvalue weighted by atomic mass is 35.5. The maximum atomic E-state index is 5.94. The largest absolute Gasteiger partial charge is 0.496 e. The number of nitrogens with zero attached hydrogens (tertiary/aromatic N) is 4. The van der Waals surface area contributed by atoms with Crippen molar-refractivity contribution in [2.45, 2.75) is 0 Å². The van der Waals surface area contributed by atoms with E-state index in [1.54, 1.807) is 19.2 Å². The molecule has 0 saturated heterocycles. The molecule has 2 heterocycles. The number of hydrogen-bond acceptors (Lipinski definition) is 5. The molecular weight excluding hydrogens is 340 g/mol. The molecule has 0 amide bonds. The number of benzene rings is 2. The van der Waals surface area contributed by atoms with Gasteiger partial charge < -0.3 is 9.47 Å². The lowest BCUT2D eigenvalue weighted by molar-refractivity contribution is 0.416. The van der Waals surface area contributed by atoms with Gasteiger partial charge in [0.2, 0.25) is 11.2 Å². The van der Waals surface area contributed by atoms with E-state index in [2.05, 4.69) is 15.3 Å². The van der Waals surface area contributed by atoms with Gasteiger partial charge in [0.25, 0.3) is 0 Å². The lowest BCUT2D eigenvalue weighted by atomic mass is 10.0. The highest BCUT2D eigenvalue weighted by molar-refractivity contribution is 6.28. The second kappa shape index (κ2) is 6.41. The normalized spacial score (nSPS) is 10.8. The van der Waals surface area contributed by atoms with Crippen LogP contribution in [0.3, 0.4) is 0 Å². The summed E-state index contributed by atoms with van der Waals surface area (Å²) in [7, 11) is 1.65. The second-order valence-electron chi connectivity index (χ2n) is 5.24. The van der Waals surface area contributed by atoms with Gasteiger partial charge in [0, 0.05) is 11.6 Å². The van der Waals surface area contributed by atoms with Gasteiger partial charge in [0.15, 0.2) is 5.65 Å². The quantitative estimate of drug-likeness (QED) is 0.549. The van der Waals surface area contributed by atoms with Crippen molar-refractivity contribution in [3.8, 4) is 28.5 Å². The molecule has 0 aliphatic rings. The number of aromatic nitrogens is 4. The van der Waals surface area contributed by atoms with Crippen molar-refractivity contribution in [1.29, 1.82) is 0 Å². The van der Waals surface area contributed by atoms with Crippen molar-refractivity contribution in [1.82, 2.24) is 19.8 Å². The zero-order chi connectivity index (χ0) is 17.2. The second-order valence-corrected chi connectivity index (χ2v) is 5.58. The Morgan fingerprint density at radius 2 is 1.84 bits per heavy atom. The fourth-order valence-electron chi connectivity index (χ4n) is 2.53. The third kappa shape index (κ3) is 2.99. The van der Waals surface area contributed by atoms with Crippen LogP contribution in [0.15, 0.2) is 60.7 Å². The molecule has 0 atom stereocenters. The van der Waals surface area contributed by atoms with E-state index in [0.29, 0.717) is 17.3 Å². The first kappa shape index (κ1) is 15.4. The predicted molar refractivity (Wildman–Crippen MR) is 94.3 cm³/mol. The number of halogens is 1. The number of hydrogen-bond donors (Lipinski definition) is 0. The zero-order valence-corrected chi connectivity index (χ0v) is 14.0. The SMILES string of the molecule is COc1ccccc1-c1cccc(Oc2ccc3nnc(Cl)n3n2)c1. The van der Waals surface area contributed by atoms with Crippen LogP contribution < -0.4 is 9.47 Å². The van der Waals surface area contributed by atoms with E-state index < -0.39 is 0 Å². The van der Waals surface area contributed by atoms with E-state index in [1.165, 1.54) is 4.52 Å². The molecule has 2 aromatic carbocycles. The van der Waals surface area contributed by atoms with E-state index >= 15 is 0 Å². The molecular formula is C18H13ClN4O2. The van der Waals surface area contributed by atoms with Crippen molar-refractivity contribution >= 4 is 17.2 Å². The minimum atomic E-state index is 0.184. The lowest BCUT2D eigenvalue weighted by Crippen LogP contribution is -1.96. The summed E-state index contributed by atoms with van der Waals surface area (Å²) in [5.41, 5.74) is 2.53. The molecule has 0 radical (unpaired) electrons. The van der Waals surface area contributed by atoms with E-state index in [0.717, 1.165) is 16.9 Å². The number of ether oxygens (including phenoxy) is 2. The first-order valence-corrected chi connectivity index (χ1v) is 7.92. The Hall–Kier alpha value is -3.12. The van der Waals surface area contributed by atoms with Crippen LogP contribution in [-0.4, -0.2) is 26.9 Å². The Morgan fingerprint density at radius 1 is 0.960 bits per heavy atom. The monoisotopic (exact) mass is 352 g/mol. The molecule has 0 aliphatic carbocycles. The van der Waals surface area contributed by atoms with Crippen LogP contribution in [0.25, 0.3) is 16.8 Å². The first-order chi connectivity index (χ1) is 12.2. The molecule has 4 rings (SSSR count). The molecule has 6 nitrogen and oxygen atoms in total. The van der Waals surface area contributed by atoms with Gasteiger partial charge in [-0.1, -0.05) is 30.3 Å². The number of fused-ring (bicyclic) bond motifs is 1. The highest BCUT2D eigenvalue weighted by Gasteiger charge is 2.09. The van der Waals surface area contributed by atoms with Crippen molar-refractivity contribution < 1.29 is 9.47 Å². The summed E-state index contributed by atoms with van der Waals surface area (Å²) in [6, 6.07) is 19.0. The summed E-state index contributed by atoms with van der Waals surface area (Å²) in [6.07, 6.45) is 0. The Bertz CT molecular complexity index is 1050. The highest BCUT2D eigenvalue weighted by Crippen LogP contribution is 2.32. The summed E-state index contributed by atoms with van der Waals surface area (Å²) in [5.74, 6) is 1.85. The maximum absolute atomic E-state index is 5.94. The van der Waals surface area contributed by atoms with Gasteiger partial charge in [0.1, 0.15) is 11.5 Å². The predicted octanol–water partition coefficient (Wildman–Crippen LogP) is 4.25. The molecule has 124 valence electrons. The third-order valence-corrected chi connectivity index (χ3v) is 3.91. The van der Waals surface area contributed by atoms with Crippen LogP contribution in [-0.2, 0) is 0 Å². The minimum Gasteiger partial charge on any atom is -0.496 e. The Morgan fingerprint density at radius 3 is 2.72 bits per heavy atom. The van der Waals surface area contributed by atoms with E-state index in [1.807, 2.05) is 48.5 Å². The average molecular weight is 353 g/mol. The standard InChI is InChI=1S/C18H13ClN4O2/c1-24-15-8-3-2-7-14(15)12-5-4-6-13(11-12)25-17-10-9-16-20-21-18(19)23(16)22-17/h2-11H,1H3. The van der Waals surface area contributed by atoms with Crippen LogP contribution in [0.4, 0.5) is 0 Å². The van der Waals surface area contributed by atoms with Crippen LogP contribution in [0, 0.1) is 0 Å². The van der Waals surface area contributed by atoms with Crippen LogP contribution >= 0.6 is 11.6 Å². The Balaban J connectivity index is 1.68. The van der Waals surface area contributed by atoms with Crippen molar-refractivity contribution in [3.05, 3.63) is 65.9 Å². The maximum Gasteiger partial charge on any atom is 0.246 e. The Labute approximate surface area is 148 Å². The van der Waals surface area contributed by atoms with Gasteiger partial charge in [-0.3, -0.25) is 0 Å². The smallest absolute Gasteiger partial charge is 0.246 e. The fraction of sp³-hybridized carbons (Fsp3) is 0.0556. The van der Waals surface area contributed by atoms with Gasteiger partial charge in [-0.2, -0.15) is 4.52 Å². The van der Waals surface area contributed by atoms with Gasteiger partial charge in [0.05, 0.1) is 7.11 Å². The molecule has 7 heteroatoms. The number of methoxy groups -OCH3 is 1. The zero-order valence-electron chi connectivity index (χ0n) is 13.3. The van der Waals surface area contributed by atoms with E-state index in [9.17, 15) is 0 Å². The van der Waals surface area contributed by atoms with E-state index in [4.69, 9.17) is 21.1 Å². The summed E-state index contributed by atoms with van der Waals surface area (Å²) < 4.78 is 12.7. The van der Waals surface area contributed by atoms with Gasteiger partial charge >= 0.3 is 0 Å². The van der Waals surface area contributed by atoms with Crippen molar-refractivity contribution in [2.75, 3.05) is 7.11 Å². The van der Waals surface area contributed by atoms with E-state index in [-0.39, 0.29) is 5.28 Å². The van der Waals surface area contributed by atoms with Crippen LogP contribution in [0.5, 0.6) is 17.4 Å². The van der Waals surface area contributed by atoms with Gasteiger partial charge in [-0.15, -0.1) is 15.3 Å². The van der Waals surface area contributed by atoms with Crippen molar-refractivity contribution in [3.63, 3.8) is 0 Å². The average Bonchev–Trinajstić information content (AvgIpc) is 3.02. The fourth-order valence-corrected chi connectivity index (χ4v) is 2.69. The summed E-state index contributed by atoms with van der Waals surface area (Å²) >= 11 is 5.94. The first-order valence-electron chi connectivity index (χ1n) is 7.54. The van der Waals surface area contributed by atoms with Crippen LogP contribution in [0.1, 0.15) is 0 Å². The lowest BCUT2D eigenvalue weighted by Gasteiger charge is -2.10. The molecule has 0 aliphatic heterocycles. The summed E-state index contributed by atoms with van der Waals surface area (Å²) in [6.45, 7) is 0. The molecule has 0 N–H and O–H groups in total. The molecule has 0 fully saturated rings. The molecule has 0 spiro atoms. The minimum absolute atomic E-state index is 0.184. The van der Waals surface area contributed by atoms with Gasteiger partial charge in [-0.25, -0.2) is 0 Å². The number of para-hydroxylation sites is 1. The summed E-state index contributed by atoms with van der Waals surface area (Å²) in [4.78, 5) is 0. The molecule has 25 heavy (non-hydrogen) atoms. The molecule has 0 bridgehead atoms. The Kier molecular flexibility index (Phi) is 3.95. The van der Waals surface area contributed by atoms with Gasteiger partial charge in [-0.05, 0) is 41.4 Å². The molecule has 4 aromatic rings. The number of rotatable bonds is 4. The topological polar surface area (TPSA) is 61.5 Å².